The van der Waals surface area contributed by atoms with Crippen LogP contribution in [0.1, 0.15) is 48.1 Å². The first-order valence-corrected chi connectivity index (χ1v) is 10.2. The van der Waals surface area contributed by atoms with Crippen LogP contribution in [0.15, 0.2) is 54.6 Å². The van der Waals surface area contributed by atoms with Gasteiger partial charge in [0, 0.05) is 26.1 Å². The molecule has 2 amide bonds. The number of rotatable bonds is 7. The largest absolute Gasteiger partial charge is 0.393 e. The lowest BCUT2D eigenvalue weighted by molar-refractivity contribution is -0.116. The fourth-order valence-corrected chi connectivity index (χ4v) is 3.50. The molecule has 0 bridgehead atoms. The molecule has 2 aromatic rings. The minimum absolute atomic E-state index is 0.118. The van der Waals surface area contributed by atoms with Gasteiger partial charge in [-0.05, 0) is 37.5 Å². The number of amides is 2. The molecule has 6 heteroatoms. The van der Waals surface area contributed by atoms with Crippen molar-refractivity contribution in [3.05, 3.63) is 65.7 Å². The number of aliphatic hydroxyl groups is 1. The smallest absolute Gasteiger partial charge is 0.253 e. The third-order valence-electron chi connectivity index (χ3n) is 5.31. The number of aliphatic hydroxyl groups excluding tert-OH is 1. The Labute approximate surface area is 171 Å². The summed E-state index contributed by atoms with van der Waals surface area (Å²) >= 11 is 0. The molecule has 1 aliphatic rings. The van der Waals surface area contributed by atoms with E-state index in [9.17, 15) is 14.7 Å². The van der Waals surface area contributed by atoms with E-state index in [0.717, 1.165) is 31.5 Å². The second-order valence-electron chi connectivity index (χ2n) is 7.52. The highest BCUT2D eigenvalue weighted by atomic mass is 16.3. The van der Waals surface area contributed by atoms with Crippen LogP contribution in [0.2, 0.25) is 0 Å². The molecule has 0 saturated carbocycles. The van der Waals surface area contributed by atoms with Crippen LogP contribution in [0.5, 0.6) is 0 Å². The van der Waals surface area contributed by atoms with Crippen LogP contribution in [0.4, 0.5) is 5.69 Å². The Hall–Kier alpha value is -2.70. The SMILES string of the molecule is CC(NC(=O)c1ccccc1NC(=O)CCN1CCC(O)CC1)c1ccccc1. The number of carbonyl (C=O) groups is 2. The van der Waals surface area contributed by atoms with E-state index in [0.29, 0.717) is 24.2 Å². The topological polar surface area (TPSA) is 81.7 Å². The Morgan fingerprint density at radius 1 is 1.07 bits per heavy atom. The van der Waals surface area contributed by atoms with E-state index in [1.54, 1.807) is 24.3 Å². The third-order valence-corrected chi connectivity index (χ3v) is 5.31. The van der Waals surface area contributed by atoms with Gasteiger partial charge < -0.3 is 20.6 Å². The number of anilines is 1. The van der Waals surface area contributed by atoms with Gasteiger partial charge in [0.15, 0.2) is 0 Å². The predicted molar refractivity (Wildman–Crippen MR) is 114 cm³/mol. The van der Waals surface area contributed by atoms with E-state index >= 15 is 0 Å². The molecule has 1 saturated heterocycles. The number of likely N-dealkylation sites (tertiary alicyclic amines) is 1. The molecular formula is C23H29N3O3. The Morgan fingerprint density at radius 2 is 1.72 bits per heavy atom. The maximum atomic E-state index is 12.8. The number of para-hydroxylation sites is 1. The second kappa shape index (κ2) is 10.2. The van der Waals surface area contributed by atoms with Gasteiger partial charge in [-0.3, -0.25) is 9.59 Å². The van der Waals surface area contributed by atoms with Gasteiger partial charge in [-0.15, -0.1) is 0 Å². The van der Waals surface area contributed by atoms with Crippen molar-refractivity contribution in [3.8, 4) is 0 Å². The first-order chi connectivity index (χ1) is 14.0. The van der Waals surface area contributed by atoms with Crippen molar-refractivity contribution in [3.63, 3.8) is 0 Å². The number of hydrogen-bond donors (Lipinski definition) is 3. The van der Waals surface area contributed by atoms with E-state index in [1.165, 1.54) is 0 Å². The van der Waals surface area contributed by atoms with Gasteiger partial charge in [0.25, 0.3) is 5.91 Å². The van der Waals surface area contributed by atoms with E-state index in [-0.39, 0.29) is 24.0 Å². The normalized spacial score (nSPS) is 16.2. The first kappa shape index (κ1) is 21.0. The van der Waals surface area contributed by atoms with Gasteiger partial charge in [0.05, 0.1) is 23.4 Å². The van der Waals surface area contributed by atoms with E-state index in [4.69, 9.17) is 0 Å². The van der Waals surface area contributed by atoms with Gasteiger partial charge in [0.2, 0.25) is 5.91 Å². The fraction of sp³-hybridized carbons (Fsp3) is 0.391. The van der Waals surface area contributed by atoms with Crippen molar-refractivity contribution < 1.29 is 14.7 Å². The maximum absolute atomic E-state index is 12.8. The summed E-state index contributed by atoms with van der Waals surface area (Å²) in [5.74, 6) is -0.338. The molecular weight excluding hydrogens is 366 g/mol. The standard InChI is InChI=1S/C23H29N3O3/c1-17(18-7-3-2-4-8-18)24-23(29)20-9-5-6-10-21(20)25-22(28)13-16-26-14-11-19(27)12-15-26/h2-10,17,19,27H,11-16H2,1H3,(H,24,29)(H,25,28). The lowest BCUT2D eigenvalue weighted by atomic mass is 10.1. The summed E-state index contributed by atoms with van der Waals surface area (Å²) in [5, 5.41) is 15.4. The van der Waals surface area contributed by atoms with Gasteiger partial charge in [-0.2, -0.15) is 0 Å². The van der Waals surface area contributed by atoms with Crippen LogP contribution in [0, 0.1) is 0 Å². The molecule has 1 fully saturated rings. The first-order valence-electron chi connectivity index (χ1n) is 10.2. The molecule has 0 radical (unpaired) electrons. The minimum Gasteiger partial charge on any atom is -0.393 e. The number of nitrogens with one attached hydrogen (secondary N) is 2. The zero-order valence-corrected chi connectivity index (χ0v) is 16.8. The summed E-state index contributed by atoms with van der Waals surface area (Å²) in [5.41, 5.74) is 1.99. The molecule has 0 aromatic heterocycles. The molecule has 1 heterocycles. The molecule has 3 N–H and O–H groups in total. The molecule has 0 spiro atoms. The summed E-state index contributed by atoms with van der Waals surface area (Å²) in [6.45, 7) is 4.21. The van der Waals surface area contributed by atoms with Gasteiger partial charge in [-0.1, -0.05) is 42.5 Å². The van der Waals surface area contributed by atoms with Crippen molar-refractivity contribution in [2.45, 2.75) is 38.3 Å². The summed E-state index contributed by atoms with van der Waals surface area (Å²) < 4.78 is 0. The van der Waals surface area contributed by atoms with Gasteiger partial charge in [-0.25, -0.2) is 0 Å². The molecule has 1 unspecified atom stereocenters. The number of carbonyl (C=O) groups excluding carboxylic acids is 2. The van der Waals surface area contributed by atoms with Crippen LogP contribution >= 0.6 is 0 Å². The average molecular weight is 396 g/mol. The lowest BCUT2D eigenvalue weighted by Gasteiger charge is -2.29. The highest BCUT2D eigenvalue weighted by Gasteiger charge is 2.19. The average Bonchev–Trinajstić information content (AvgIpc) is 2.74. The Kier molecular flexibility index (Phi) is 7.38. The van der Waals surface area contributed by atoms with E-state index < -0.39 is 0 Å². The number of hydrogen-bond acceptors (Lipinski definition) is 4. The Morgan fingerprint density at radius 3 is 2.45 bits per heavy atom. The highest BCUT2D eigenvalue weighted by Crippen LogP contribution is 2.18. The van der Waals surface area contributed by atoms with Gasteiger partial charge in [0.1, 0.15) is 0 Å². The number of piperidine rings is 1. The van der Waals surface area contributed by atoms with Crippen LogP contribution in [-0.4, -0.2) is 47.6 Å². The molecule has 2 aromatic carbocycles. The van der Waals surface area contributed by atoms with Crippen LogP contribution in [0.3, 0.4) is 0 Å². The molecule has 3 rings (SSSR count). The quantitative estimate of drug-likeness (QED) is 0.673. The van der Waals surface area contributed by atoms with Crippen molar-refractivity contribution in [2.75, 3.05) is 25.0 Å². The lowest BCUT2D eigenvalue weighted by Crippen LogP contribution is -2.37. The molecule has 154 valence electrons. The predicted octanol–water partition coefficient (Wildman–Crippen LogP) is 2.96. The number of nitrogens with zero attached hydrogens (tertiary/aromatic N) is 1. The minimum atomic E-state index is -0.220. The molecule has 1 atom stereocenters. The van der Waals surface area contributed by atoms with E-state index in [1.807, 2.05) is 37.3 Å². The maximum Gasteiger partial charge on any atom is 0.253 e. The zero-order valence-electron chi connectivity index (χ0n) is 16.8. The number of benzene rings is 2. The zero-order chi connectivity index (χ0) is 20.6. The Balaban J connectivity index is 1.56. The van der Waals surface area contributed by atoms with Crippen molar-refractivity contribution in [1.29, 1.82) is 0 Å². The molecule has 0 aliphatic carbocycles. The van der Waals surface area contributed by atoms with Crippen LogP contribution in [-0.2, 0) is 4.79 Å². The van der Waals surface area contributed by atoms with Gasteiger partial charge >= 0.3 is 0 Å². The molecule has 1 aliphatic heterocycles. The molecule has 29 heavy (non-hydrogen) atoms. The third kappa shape index (κ3) is 6.14. The summed E-state index contributed by atoms with van der Waals surface area (Å²) in [4.78, 5) is 27.4. The second-order valence-corrected chi connectivity index (χ2v) is 7.52. The summed E-state index contributed by atoms with van der Waals surface area (Å²) in [6, 6.07) is 16.7. The van der Waals surface area contributed by atoms with Crippen molar-refractivity contribution in [1.82, 2.24) is 10.2 Å². The van der Waals surface area contributed by atoms with Crippen LogP contribution in [0.25, 0.3) is 0 Å². The highest BCUT2D eigenvalue weighted by molar-refractivity contribution is 6.03. The summed E-state index contributed by atoms with van der Waals surface area (Å²) in [7, 11) is 0. The Bertz CT molecular complexity index is 817. The summed E-state index contributed by atoms with van der Waals surface area (Å²) in [6.07, 6.45) is 1.64. The monoisotopic (exact) mass is 395 g/mol. The van der Waals surface area contributed by atoms with Crippen LogP contribution < -0.4 is 10.6 Å². The fourth-order valence-electron chi connectivity index (χ4n) is 3.50. The van der Waals surface area contributed by atoms with Crippen molar-refractivity contribution in [2.24, 2.45) is 0 Å². The van der Waals surface area contributed by atoms with Crippen molar-refractivity contribution >= 4 is 17.5 Å². The molecule has 6 nitrogen and oxygen atoms in total. The van der Waals surface area contributed by atoms with E-state index in [2.05, 4.69) is 15.5 Å².